The number of aromatic nitrogens is 1. The molecule has 0 aliphatic heterocycles. The zero-order valence-electron chi connectivity index (χ0n) is 19.7. The molecule has 2 aromatic rings. The van der Waals surface area contributed by atoms with E-state index in [2.05, 4.69) is 11.1 Å². The first-order valence-electron chi connectivity index (χ1n) is 11.2. The highest BCUT2D eigenvalue weighted by atomic mass is 35.5. The van der Waals surface area contributed by atoms with E-state index in [-0.39, 0.29) is 31.5 Å². The van der Waals surface area contributed by atoms with Gasteiger partial charge < -0.3 is 14.4 Å². The lowest BCUT2D eigenvalue weighted by molar-refractivity contribution is 0.0575. The number of pyridine rings is 1. The van der Waals surface area contributed by atoms with Gasteiger partial charge >= 0.3 is 6.09 Å². The number of carbonyl (C=O) groups excluding carboxylic acids is 2. The minimum Gasteiger partial charge on any atom is -0.492 e. The van der Waals surface area contributed by atoms with Gasteiger partial charge in [0.1, 0.15) is 18.0 Å². The van der Waals surface area contributed by atoms with Gasteiger partial charge in [-0.05, 0) is 63.9 Å². The molecule has 1 heterocycles. The number of nitriles is 1. The molecule has 180 valence electrons. The minimum atomic E-state index is -0.648. The van der Waals surface area contributed by atoms with E-state index in [0.29, 0.717) is 28.6 Å². The highest BCUT2D eigenvalue weighted by Gasteiger charge is 2.33. The first kappa shape index (κ1) is 25.3. The van der Waals surface area contributed by atoms with Gasteiger partial charge in [-0.25, -0.2) is 4.79 Å². The average molecular weight is 485 g/mol. The van der Waals surface area contributed by atoms with Crippen LogP contribution < -0.4 is 9.64 Å². The third-order valence-electron chi connectivity index (χ3n) is 5.00. The Hall–Kier alpha value is -3.31. The van der Waals surface area contributed by atoms with Crippen molar-refractivity contribution in [3.63, 3.8) is 0 Å². The van der Waals surface area contributed by atoms with E-state index in [0.717, 1.165) is 12.8 Å². The van der Waals surface area contributed by atoms with Crippen LogP contribution in [0.4, 0.5) is 10.5 Å². The van der Waals surface area contributed by atoms with Crippen LogP contribution in [0.1, 0.15) is 50.4 Å². The molecule has 1 saturated carbocycles. The average Bonchev–Trinajstić information content (AvgIpc) is 3.61. The largest absolute Gasteiger partial charge is 0.492 e. The highest BCUT2D eigenvalue weighted by molar-refractivity contribution is 6.31. The number of nitrogens with zero attached hydrogens (tertiary/aromatic N) is 4. The second-order valence-electron chi connectivity index (χ2n) is 9.00. The van der Waals surface area contributed by atoms with Gasteiger partial charge in [0, 0.05) is 35.6 Å². The monoisotopic (exact) mass is 484 g/mol. The summed E-state index contributed by atoms with van der Waals surface area (Å²) in [5.74, 6) is 0.253. The normalized spacial score (nSPS) is 13.0. The lowest BCUT2D eigenvalue weighted by atomic mass is 10.1. The Kier molecular flexibility index (Phi) is 8.35. The SMILES string of the molecule is CC(C)(C)OC(=O)N(CCOc1cc(Cl)cc(C(=O)N(CCC#N)C2CC2)c1)c1ccncc1. The van der Waals surface area contributed by atoms with Crippen LogP contribution in [0.25, 0.3) is 0 Å². The third kappa shape index (κ3) is 7.35. The molecule has 3 rings (SSSR count). The summed E-state index contributed by atoms with van der Waals surface area (Å²) in [6.07, 6.45) is 4.86. The standard InChI is InChI=1S/C25H29ClN4O4/c1-25(2,3)34-24(32)30(21-7-10-28-11-8-21)13-14-33-22-16-18(15-19(26)17-22)23(31)29(12-4-9-27)20-5-6-20/h7-8,10-11,15-17,20H,4-6,12-14H2,1-3H3. The molecule has 8 nitrogen and oxygen atoms in total. The molecule has 1 aliphatic rings. The van der Waals surface area contributed by atoms with Crippen molar-refractivity contribution in [1.82, 2.24) is 9.88 Å². The second kappa shape index (κ2) is 11.2. The maximum Gasteiger partial charge on any atom is 0.414 e. The van der Waals surface area contributed by atoms with Gasteiger partial charge in [-0.3, -0.25) is 14.7 Å². The summed E-state index contributed by atoms with van der Waals surface area (Å²) in [4.78, 5) is 33.0. The summed E-state index contributed by atoms with van der Waals surface area (Å²) in [5, 5.41) is 9.28. The van der Waals surface area contributed by atoms with E-state index in [4.69, 9.17) is 26.3 Å². The van der Waals surface area contributed by atoms with E-state index in [1.54, 1.807) is 68.4 Å². The topological polar surface area (TPSA) is 95.8 Å². The second-order valence-corrected chi connectivity index (χ2v) is 9.44. The fourth-order valence-corrected chi connectivity index (χ4v) is 3.59. The quantitative estimate of drug-likeness (QED) is 0.492. The zero-order valence-corrected chi connectivity index (χ0v) is 20.4. The minimum absolute atomic E-state index is 0.149. The van der Waals surface area contributed by atoms with Crippen molar-refractivity contribution in [3.05, 3.63) is 53.3 Å². The molecule has 0 unspecified atom stereocenters. The van der Waals surface area contributed by atoms with Crippen molar-refractivity contribution in [3.8, 4) is 11.8 Å². The van der Waals surface area contributed by atoms with Crippen molar-refractivity contribution < 1.29 is 19.1 Å². The van der Waals surface area contributed by atoms with Crippen molar-refractivity contribution in [2.24, 2.45) is 0 Å². The molecule has 9 heteroatoms. The Morgan fingerprint density at radius 3 is 2.50 bits per heavy atom. The predicted octanol–water partition coefficient (Wildman–Crippen LogP) is 5.07. The Morgan fingerprint density at radius 2 is 1.88 bits per heavy atom. The number of rotatable bonds is 9. The summed E-state index contributed by atoms with van der Waals surface area (Å²) >= 11 is 6.26. The highest BCUT2D eigenvalue weighted by Crippen LogP contribution is 2.30. The number of hydrogen-bond acceptors (Lipinski definition) is 6. The molecule has 0 bridgehead atoms. The molecule has 0 N–H and O–H groups in total. The van der Waals surface area contributed by atoms with E-state index in [1.165, 1.54) is 4.90 Å². The molecule has 1 fully saturated rings. The van der Waals surface area contributed by atoms with Gasteiger partial charge in [-0.2, -0.15) is 5.26 Å². The first-order chi connectivity index (χ1) is 16.2. The summed E-state index contributed by atoms with van der Waals surface area (Å²) in [6.45, 7) is 6.16. The van der Waals surface area contributed by atoms with Crippen molar-refractivity contribution >= 4 is 29.3 Å². The smallest absolute Gasteiger partial charge is 0.414 e. The van der Waals surface area contributed by atoms with E-state index < -0.39 is 11.7 Å². The number of ether oxygens (including phenoxy) is 2. The molecule has 0 radical (unpaired) electrons. The molecule has 0 spiro atoms. The summed E-state index contributed by atoms with van der Waals surface area (Å²) in [5.41, 5.74) is 0.391. The van der Waals surface area contributed by atoms with E-state index in [1.807, 2.05) is 0 Å². The zero-order chi connectivity index (χ0) is 24.7. The number of hydrogen-bond donors (Lipinski definition) is 0. The Bertz CT molecular complexity index is 1050. The molecule has 2 amide bonds. The van der Waals surface area contributed by atoms with Gasteiger partial charge in [0.25, 0.3) is 5.91 Å². The van der Waals surface area contributed by atoms with Crippen molar-refractivity contribution in [2.45, 2.75) is 51.7 Å². The van der Waals surface area contributed by atoms with Crippen LogP contribution in [0.3, 0.4) is 0 Å². The van der Waals surface area contributed by atoms with Crippen LogP contribution >= 0.6 is 11.6 Å². The third-order valence-corrected chi connectivity index (χ3v) is 5.22. The van der Waals surface area contributed by atoms with Crippen LogP contribution in [-0.4, -0.2) is 53.2 Å². The molecule has 1 aromatic heterocycles. The van der Waals surface area contributed by atoms with Crippen LogP contribution in [0.15, 0.2) is 42.7 Å². The molecule has 34 heavy (non-hydrogen) atoms. The number of carbonyl (C=O) groups is 2. The van der Waals surface area contributed by atoms with Crippen molar-refractivity contribution in [2.75, 3.05) is 24.6 Å². The first-order valence-corrected chi connectivity index (χ1v) is 11.6. The molecule has 0 atom stereocenters. The summed E-state index contributed by atoms with van der Waals surface area (Å²) in [7, 11) is 0. The van der Waals surface area contributed by atoms with Crippen LogP contribution in [0.5, 0.6) is 5.75 Å². The molecule has 1 aliphatic carbocycles. The van der Waals surface area contributed by atoms with Gasteiger partial charge in [0.05, 0.1) is 24.7 Å². The van der Waals surface area contributed by atoms with E-state index in [9.17, 15) is 9.59 Å². The lowest BCUT2D eigenvalue weighted by Gasteiger charge is -2.27. The summed E-state index contributed by atoms with van der Waals surface area (Å²) in [6, 6.07) is 10.6. The number of benzene rings is 1. The summed E-state index contributed by atoms with van der Waals surface area (Å²) < 4.78 is 11.4. The van der Waals surface area contributed by atoms with Gasteiger partial charge in [0.2, 0.25) is 0 Å². The van der Waals surface area contributed by atoms with Crippen LogP contribution in [-0.2, 0) is 4.74 Å². The Morgan fingerprint density at radius 1 is 1.18 bits per heavy atom. The van der Waals surface area contributed by atoms with E-state index >= 15 is 0 Å². The number of anilines is 1. The van der Waals surface area contributed by atoms with Gasteiger partial charge in [-0.1, -0.05) is 11.6 Å². The predicted molar refractivity (Wildman–Crippen MR) is 129 cm³/mol. The molecular weight excluding hydrogens is 456 g/mol. The fraction of sp³-hybridized carbons (Fsp3) is 0.440. The maximum absolute atomic E-state index is 13.1. The Balaban J connectivity index is 1.70. The number of amides is 2. The van der Waals surface area contributed by atoms with Gasteiger partial charge in [0.15, 0.2) is 0 Å². The molecule has 1 aromatic carbocycles. The maximum atomic E-state index is 13.1. The van der Waals surface area contributed by atoms with Crippen LogP contribution in [0, 0.1) is 11.3 Å². The van der Waals surface area contributed by atoms with Crippen molar-refractivity contribution in [1.29, 1.82) is 5.26 Å². The Labute approximate surface area is 205 Å². The van der Waals surface area contributed by atoms with Crippen LogP contribution in [0.2, 0.25) is 5.02 Å². The number of halogens is 1. The molecule has 0 saturated heterocycles. The molecular formula is C25H29ClN4O4. The lowest BCUT2D eigenvalue weighted by Crippen LogP contribution is -2.39. The fourth-order valence-electron chi connectivity index (χ4n) is 3.36. The van der Waals surface area contributed by atoms with Gasteiger partial charge in [-0.15, -0.1) is 0 Å².